The standard InChI is InChI=1S/C27H34ClN3O4/c1-29-15-17-30(18-16-29)25(32)19-27(20-35-22-9-7-21(28)8-10-22)11-13-31(14-12-27)26(33)23-5-3-4-6-24(23)34-2/h3-10H,11-20H2,1-2H3. The van der Waals surface area contributed by atoms with Gasteiger partial charge in [-0.25, -0.2) is 0 Å². The van der Waals surface area contributed by atoms with Crippen LogP contribution in [0.3, 0.4) is 0 Å². The maximum atomic E-state index is 13.3. The lowest BCUT2D eigenvalue weighted by molar-refractivity contribution is -0.136. The van der Waals surface area contributed by atoms with E-state index in [0.29, 0.717) is 55.3 Å². The number of hydrogen-bond donors (Lipinski definition) is 0. The van der Waals surface area contributed by atoms with E-state index in [0.717, 1.165) is 31.9 Å². The number of para-hydroxylation sites is 1. The molecule has 2 amide bonds. The molecule has 35 heavy (non-hydrogen) atoms. The van der Waals surface area contributed by atoms with E-state index in [4.69, 9.17) is 21.1 Å². The van der Waals surface area contributed by atoms with E-state index in [1.807, 2.05) is 34.1 Å². The Balaban J connectivity index is 1.46. The molecule has 188 valence electrons. The predicted octanol–water partition coefficient (Wildman–Crippen LogP) is 3.81. The van der Waals surface area contributed by atoms with E-state index in [1.165, 1.54) is 0 Å². The van der Waals surface area contributed by atoms with Crippen molar-refractivity contribution in [1.82, 2.24) is 14.7 Å². The highest BCUT2D eigenvalue weighted by Gasteiger charge is 2.40. The number of nitrogens with zero attached hydrogens (tertiary/aromatic N) is 3. The van der Waals surface area contributed by atoms with E-state index in [1.54, 1.807) is 31.4 Å². The van der Waals surface area contributed by atoms with Gasteiger partial charge < -0.3 is 24.2 Å². The fraction of sp³-hybridized carbons (Fsp3) is 0.481. The fourth-order valence-electron chi connectivity index (χ4n) is 4.80. The summed E-state index contributed by atoms with van der Waals surface area (Å²) in [7, 11) is 3.66. The smallest absolute Gasteiger partial charge is 0.257 e. The number of likely N-dealkylation sites (tertiary alicyclic amines) is 1. The van der Waals surface area contributed by atoms with Crippen LogP contribution in [0.25, 0.3) is 0 Å². The first-order valence-electron chi connectivity index (χ1n) is 12.2. The third-order valence-corrected chi connectivity index (χ3v) is 7.44. The van der Waals surface area contributed by atoms with Crippen molar-refractivity contribution in [3.05, 3.63) is 59.1 Å². The van der Waals surface area contributed by atoms with Crippen molar-refractivity contribution in [2.45, 2.75) is 19.3 Å². The number of halogens is 1. The molecule has 2 fully saturated rings. The van der Waals surface area contributed by atoms with Gasteiger partial charge in [0.25, 0.3) is 5.91 Å². The summed E-state index contributed by atoms with van der Waals surface area (Å²) in [5, 5.41) is 0.653. The minimum atomic E-state index is -0.336. The van der Waals surface area contributed by atoms with Gasteiger partial charge in [-0.1, -0.05) is 23.7 Å². The molecular formula is C27H34ClN3O4. The van der Waals surface area contributed by atoms with Gasteiger partial charge in [0.05, 0.1) is 19.3 Å². The van der Waals surface area contributed by atoms with E-state index in [2.05, 4.69) is 11.9 Å². The maximum absolute atomic E-state index is 13.3. The highest BCUT2D eigenvalue weighted by atomic mass is 35.5. The van der Waals surface area contributed by atoms with Gasteiger partial charge in [0.15, 0.2) is 0 Å². The molecule has 2 saturated heterocycles. The lowest BCUT2D eigenvalue weighted by atomic mass is 9.75. The fourth-order valence-corrected chi connectivity index (χ4v) is 4.93. The average molecular weight is 500 g/mol. The molecule has 0 N–H and O–H groups in total. The largest absolute Gasteiger partial charge is 0.496 e. The first kappa shape index (κ1) is 25.3. The lowest BCUT2D eigenvalue weighted by Crippen LogP contribution is -2.51. The van der Waals surface area contributed by atoms with Gasteiger partial charge in [0.2, 0.25) is 5.91 Å². The number of hydrogen-bond acceptors (Lipinski definition) is 5. The first-order valence-corrected chi connectivity index (χ1v) is 12.5. The zero-order valence-electron chi connectivity index (χ0n) is 20.5. The lowest BCUT2D eigenvalue weighted by Gasteiger charge is -2.43. The third kappa shape index (κ3) is 6.27. The molecule has 4 rings (SSSR count). The summed E-state index contributed by atoms with van der Waals surface area (Å²) in [6.45, 7) is 4.84. The van der Waals surface area contributed by atoms with Crippen LogP contribution >= 0.6 is 11.6 Å². The Hall–Kier alpha value is -2.77. The summed E-state index contributed by atoms with van der Waals surface area (Å²) in [4.78, 5) is 32.6. The van der Waals surface area contributed by atoms with Gasteiger partial charge >= 0.3 is 0 Å². The number of piperidine rings is 1. The SMILES string of the molecule is COc1ccccc1C(=O)N1CCC(COc2ccc(Cl)cc2)(CC(=O)N2CCN(C)CC2)CC1. The number of likely N-dealkylation sites (N-methyl/N-ethyl adjacent to an activating group) is 1. The molecule has 2 heterocycles. The van der Waals surface area contributed by atoms with Crippen LogP contribution < -0.4 is 9.47 Å². The summed E-state index contributed by atoms with van der Waals surface area (Å²) in [6, 6.07) is 14.6. The molecule has 0 bridgehead atoms. The number of carbonyl (C=O) groups is 2. The minimum Gasteiger partial charge on any atom is -0.496 e. The molecule has 7 nitrogen and oxygen atoms in total. The van der Waals surface area contributed by atoms with Crippen molar-refractivity contribution >= 4 is 23.4 Å². The van der Waals surface area contributed by atoms with Crippen LogP contribution in [-0.2, 0) is 4.79 Å². The zero-order chi connectivity index (χ0) is 24.8. The quantitative estimate of drug-likeness (QED) is 0.579. The van der Waals surface area contributed by atoms with Gasteiger partial charge in [0, 0.05) is 56.1 Å². The summed E-state index contributed by atoms with van der Waals surface area (Å²) in [5.74, 6) is 1.43. The van der Waals surface area contributed by atoms with Crippen molar-refractivity contribution in [2.75, 3.05) is 60.0 Å². The second-order valence-electron chi connectivity index (χ2n) is 9.60. The highest BCUT2D eigenvalue weighted by molar-refractivity contribution is 6.30. The number of methoxy groups -OCH3 is 1. The molecule has 2 aliphatic rings. The van der Waals surface area contributed by atoms with Crippen molar-refractivity contribution in [2.24, 2.45) is 5.41 Å². The predicted molar refractivity (Wildman–Crippen MR) is 136 cm³/mol. The number of ether oxygens (including phenoxy) is 2. The van der Waals surface area contributed by atoms with Crippen LogP contribution in [0.5, 0.6) is 11.5 Å². The van der Waals surface area contributed by atoms with Crippen molar-refractivity contribution in [1.29, 1.82) is 0 Å². The third-order valence-electron chi connectivity index (χ3n) is 7.19. The number of rotatable bonds is 7. The van der Waals surface area contributed by atoms with Gasteiger partial charge in [-0.2, -0.15) is 0 Å². The van der Waals surface area contributed by atoms with Crippen LogP contribution in [0.1, 0.15) is 29.6 Å². The van der Waals surface area contributed by atoms with Crippen molar-refractivity contribution < 1.29 is 19.1 Å². The van der Waals surface area contributed by atoms with Gasteiger partial charge in [-0.3, -0.25) is 9.59 Å². The Kier molecular flexibility index (Phi) is 8.19. The van der Waals surface area contributed by atoms with E-state index in [9.17, 15) is 9.59 Å². The van der Waals surface area contributed by atoms with Crippen LogP contribution in [0.2, 0.25) is 5.02 Å². The number of carbonyl (C=O) groups excluding carboxylic acids is 2. The Labute approximate surface area is 212 Å². The molecule has 2 aliphatic heterocycles. The first-order chi connectivity index (χ1) is 16.9. The molecule has 0 aliphatic carbocycles. The van der Waals surface area contributed by atoms with Crippen LogP contribution in [0.4, 0.5) is 0 Å². The minimum absolute atomic E-state index is 0.0416. The van der Waals surface area contributed by atoms with Gasteiger partial charge in [0.1, 0.15) is 11.5 Å². The van der Waals surface area contributed by atoms with Crippen LogP contribution in [0.15, 0.2) is 48.5 Å². The Morgan fingerprint density at radius 1 is 0.914 bits per heavy atom. The summed E-state index contributed by atoms with van der Waals surface area (Å²) >= 11 is 6.02. The molecule has 0 aromatic heterocycles. The Morgan fingerprint density at radius 2 is 1.57 bits per heavy atom. The van der Waals surface area contributed by atoms with E-state index >= 15 is 0 Å². The molecule has 0 saturated carbocycles. The molecule has 2 aromatic carbocycles. The van der Waals surface area contributed by atoms with Crippen LogP contribution in [-0.4, -0.2) is 86.5 Å². The average Bonchev–Trinajstić information content (AvgIpc) is 2.89. The van der Waals surface area contributed by atoms with E-state index in [-0.39, 0.29) is 17.2 Å². The topological polar surface area (TPSA) is 62.3 Å². The molecule has 8 heteroatoms. The second kappa shape index (κ2) is 11.3. The van der Waals surface area contributed by atoms with Crippen molar-refractivity contribution in [3.8, 4) is 11.5 Å². The Morgan fingerprint density at radius 3 is 2.23 bits per heavy atom. The summed E-state index contributed by atoms with van der Waals surface area (Å²) in [6.07, 6.45) is 1.81. The molecule has 2 aromatic rings. The second-order valence-corrected chi connectivity index (χ2v) is 10.0. The molecular weight excluding hydrogens is 466 g/mol. The molecule has 0 radical (unpaired) electrons. The summed E-state index contributed by atoms with van der Waals surface area (Å²) in [5.41, 5.74) is 0.228. The van der Waals surface area contributed by atoms with Gasteiger partial charge in [-0.15, -0.1) is 0 Å². The van der Waals surface area contributed by atoms with Gasteiger partial charge in [-0.05, 0) is 56.3 Å². The number of benzene rings is 2. The number of amides is 2. The zero-order valence-corrected chi connectivity index (χ0v) is 21.3. The Bertz CT molecular complexity index is 1010. The monoisotopic (exact) mass is 499 g/mol. The van der Waals surface area contributed by atoms with Crippen LogP contribution in [0, 0.1) is 5.41 Å². The molecule has 0 spiro atoms. The molecule has 0 unspecified atom stereocenters. The normalized spacial score (nSPS) is 18.3. The summed E-state index contributed by atoms with van der Waals surface area (Å²) < 4.78 is 11.6. The number of piperazine rings is 1. The van der Waals surface area contributed by atoms with Crippen molar-refractivity contribution in [3.63, 3.8) is 0 Å². The van der Waals surface area contributed by atoms with E-state index < -0.39 is 0 Å². The maximum Gasteiger partial charge on any atom is 0.257 e. The highest BCUT2D eigenvalue weighted by Crippen LogP contribution is 2.37. The molecule has 0 atom stereocenters.